The van der Waals surface area contributed by atoms with Gasteiger partial charge in [-0.3, -0.25) is 4.90 Å². The molecule has 0 radical (unpaired) electrons. The summed E-state index contributed by atoms with van der Waals surface area (Å²) in [5.74, 6) is 1.80. The predicted molar refractivity (Wildman–Crippen MR) is 82.5 cm³/mol. The Labute approximate surface area is 125 Å². The van der Waals surface area contributed by atoms with Crippen LogP contribution in [0.1, 0.15) is 56.7 Å². The van der Waals surface area contributed by atoms with E-state index in [-0.39, 0.29) is 0 Å². The van der Waals surface area contributed by atoms with E-state index in [9.17, 15) is 0 Å². The van der Waals surface area contributed by atoms with E-state index in [0.717, 1.165) is 11.9 Å². The Balaban J connectivity index is 1.47. The molecular weight excluding hydrogens is 268 g/mol. The van der Waals surface area contributed by atoms with Gasteiger partial charge >= 0.3 is 0 Å². The first-order valence-electron chi connectivity index (χ1n) is 8.23. The van der Waals surface area contributed by atoms with Gasteiger partial charge in [0.2, 0.25) is 5.13 Å². The fourth-order valence-corrected chi connectivity index (χ4v) is 4.34. The normalized spacial score (nSPS) is 28.8. The van der Waals surface area contributed by atoms with Crippen molar-refractivity contribution < 1.29 is 0 Å². The maximum atomic E-state index is 4.81. The highest BCUT2D eigenvalue weighted by atomic mass is 32.1. The Morgan fingerprint density at radius 1 is 0.950 bits per heavy atom. The monoisotopic (exact) mass is 292 g/mol. The van der Waals surface area contributed by atoms with Gasteiger partial charge in [0.25, 0.3) is 0 Å². The second-order valence-corrected chi connectivity index (χ2v) is 7.28. The molecule has 0 amide bonds. The van der Waals surface area contributed by atoms with E-state index in [1.807, 2.05) is 0 Å². The van der Waals surface area contributed by atoms with Crippen molar-refractivity contribution in [1.82, 2.24) is 14.3 Å². The van der Waals surface area contributed by atoms with E-state index >= 15 is 0 Å². The summed E-state index contributed by atoms with van der Waals surface area (Å²) in [7, 11) is 0. The van der Waals surface area contributed by atoms with Crippen LogP contribution in [-0.4, -0.2) is 46.5 Å². The lowest BCUT2D eigenvalue weighted by Crippen LogP contribution is -2.41. The fraction of sp³-hybridized carbons (Fsp3) is 0.867. The van der Waals surface area contributed by atoms with Gasteiger partial charge in [0.05, 0.1) is 0 Å². The van der Waals surface area contributed by atoms with Crippen LogP contribution < -0.4 is 4.90 Å². The van der Waals surface area contributed by atoms with Crippen molar-refractivity contribution in [2.24, 2.45) is 0 Å². The molecule has 110 valence electrons. The molecule has 2 aliphatic heterocycles. The van der Waals surface area contributed by atoms with E-state index in [2.05, 4.69) is 14.2 Å². The standard InChI is InChI=1S/C15H24N4S/c1-2-10-19(11-13(5-1)18-8-3-4-9-18)15-16-14(17-20-15)12-6-7-12/h12-13H,1-11H2. The number of anilines is 1. The van der Waals surface area contributed by atoms with Gasteiger partial charge in [-0.2, -0.15) is 4.37 Å². The fourth-order valence-electron chi connectivity index (χ4n) is 3.56. The molecule has 0 bridgehead atoms. The van der Waals surface area contributed by atoms with E-state index in [1.165, 1.54) is 76.3 Å². The quantitative estimate of drug-likeness (QED) is 0.857. The number of hydrogen-bond donors (Lipinski definition) is 0. The minimum Gasteiger partial charge on any atom is -0.345 e. The highest BCUT2D eigenvalue weighted by molar-refractivity contribution is 7.09. The van der Waals surface area contributed by atoms with Gasteiger partial charge in [-0.05, 0) is 51.6 Å². The molecule has 3 heterocycles. The molecule has 0 aromatic carbocycles. The summed E-state index contributed by atoms with van der Waals surface area (Å²) in [5.41, 5.74) is 0. The molecule has 1 saturated carbocycles. The summed E-state index contributed by atoms with van der Waals surface area (Å²) in [6, 6.07) is 0.744. The van der Waals surface area contributed by atoms with Crippen LogP contribution in [-0.2, 0) is 0 Å². The van der Waals surface area contributed by atoms with E-state index in [4.69, 9.17) is 4.98 Å². The first-order chi connectivity index (χ1) is 9.90. The lowest BCUT2D eigenvalue weighted by atomic mass is 10.1. The van der Waals surface area contributed by atoms with Gasteiger partial charge in [-0.1, -0.05) is 6.42 Å². The van der Waals surface area contributed by atoms with Gasteiger partial charge in [0.1, 0.15) is 5.82 Å². The van der Waals surface area contributed by atoms with Crippen LogP contribution in [0.15, 0.2) is 0 Å². The number of nitrogens with zero attached hydrogens (tertiary/aromatic N) is 4. The molecular formula is C15H24N4S. The third kappa shape index (κ3) is 2.70. The SMILES string of the molecule is C1CCN(c2nc(C3CC3)ns2)CC(N2CCCC2)C1. The number of rotatable bonds is 3. The highest BCUT2D eigenvalue weighted by Crippen LogP contribution is 2.40. The lowest BCUT2D eigenvalue weighted by Gasteiger charge is -2.30. The van der Waals surface area contributed by atoms with Crippen LogP contribution in [0.5, 0.6) is 0 Å². The van der Waals surface area contributed by atoms with Crippen LogP contribution >= 0.6 is 11.5 Å². The molecule has 20 heavy (non-hydrogen) atoms. The molecule has 3 fully saturated rings. The van der Waals surface area contributed by atoms with Crippen molar-refractivity contribution in [2.75, 3.05) is 31.1 Å². The minimum atomic E-state index is 0.682. The Morgan fingerprint density at radius 2 is 1.75 bits per heavy atom. The Kier molecular flexibility index (Phi) is 3.65. The molecule has 5 heteroatoms. The first-order valence-corrected chi connectivity index (χ1v) is 9.00. The van der Waals surface area contributed by atoms with Crippen molar-refractivity contribution in [1.29, 1.82) is 0 Å². The smallest absolute Gasteiger partial charge is 0.205 e. The van der Waals surface area contributed by atoms with E-state index in [1.54, 1.807) is 11.5 Å². The van der Waals surface area contributed by atoms with Crippen LogP contribution in [0, 0.1) is 0 Å². The Morgan fingerprint density at radius 3 is 2.55 bits per heavy atom. The molecule has 0 N–H and O–H groups in total. The summed E-state index contributed by atoms with van der Waals surface area (Å²) in [6.07, 6.45) is 9.42. The zero-order chi connectivity index (χ0) is 13.4. The topological polar surface area (TPSA) is 32.3 Å². The molecule has 1 aromatic heterocycles. The molecule has 4 nitrogen and oxygen atoms in total. The van der Waals surface area contributed by atoms with Gasteiger partial charge in [0.15, 0.2) is 0 Å². The Hall–Kier alpha value is -0.680. The van der Waals surface area contributed by atoms with Crippen LogP contribution in [0.3, 0.4) is 0 Å². The zero-order valence-electron chi connectivity index (χ0n) is 12.1. The molecule has 0 spiro atoms. The summed E-state index contributed by atoms with van der Waals surface area (Å²) >= 11 is 1.62. The average Bonchev–Trinajstić information content (AvgIpc) is 3.05. The number of hydrogen-bond acceptors (Lipinski definition) is 5. The number of likely N-dealkylation sites (tertiary alicyclic amines) is 1. The van der Waals surface area contributed by atoms with E-state index < -0.39 is 0 Å². The van der Waals surface area contributed by atoms with Gasteiger partial charge in [0, 0.05) is 36.6 Å². The molecule has 3 aliphatic rings. The second-order valence-electron chi connectivity index (χ2n) is 6.55. The highest BCUT2D eigenvalue weighted by Gasteiger charge is 2.30. The van der Waals surface area contributed by atoms with Gasteiger partial charge < -0.3 is 4.90 Å². The van der Waals surface area contributed by atoms with Crippen LogP contribution in [0.2, 0.25) is 0 Å². The molecule has 1 aliphatic carbocycles. The van der Waals surface area contributed by atoms with E-state index in [0.29, 0.717) is 5.92 Å². The van der Waals surface area contributed by atoms with Gasteiger partial charge in [-0.15, -0.1) is 0 Å². The average molecular weight is 292 g/mol. The van der Waals surface area contributed by atoms with Crippen LogP contribution in [0.25, 0.3) is 0 Å². The minimum absolute atomic E-state index is 0.682. The molecule has 1 aromatic rings. The van der Waals surface area contributed by atoms with Gasteiger partial charge in [-0.25, -0.2) is 4.98 Å². The first kappa shape index (κ1) is 13.0. The maximum absolute atomic E-state index is 4.81. The summed E-state index contributed by atoms with van der Waals surface area (Å²) in [5, 5.41) is 1.18. The second kappa shape index (κ2) is 5.60. The van der Waals surface area contributed by atoms with Crippen molar-refractivity contribution >= 4 is 16.7 Å². The van der Waals surface area contributed by atoms with Crippen LogP contribution in [0.4, 0.5) is 5.13 Å². The zero-order valence-corrected chi connectivity index (χ0v) is 12.9. The van der Waals surface area contributed by atoms with Crippen molar-refractivity contribution in [3.8, 4) is 0 Å². The van der Waals surface area contributed by atoms with Crippen molar-refractivity contribution in [3.63, 3.8) is 0 Å². The Bertz CT molecular complexity index is 450. The van der Waals surface area contributed by atoms with Crippen molar-refractivity contribution in [3.05, 3.63) is 5.82 Å². The summed E-state index contributed by atoms with van der Waals surface area (Å²) in [6.45, 7) is 4.95. The molecule has 2 saturated heterocycles. The molecule has 1 atom stereocenters. The van der Waals surface area contributed by atoms with Crippen molar-refractivity contribution in [2.45, 2.75) is 56.9 Å². The maximum Gasteiger partial charge on any atom is 0.205 e. The molecule has 4 rings (SSSR count). The third-order valence-electron chi connectivity index (χ3n) is 4.95. The largest absolute Gasteiger partial charge is 0.345 e. The molecule has 1 unspecified atom stereocenters. The summed E-state index contributed by atoms with van der Waals surface area (Å²) in [4.78, 5) is 10.0. The predicted octanol–water partition coefficient (Wildman–Crippen LogP) is 2.87. The third-order valence-corrected chi connectivity index (χ3v) is 5.74. The lowest BCUT2D eigenvalue weighted by molar-refractivity contribution is 0.236. The summed E-state index contributed by atoms with van der Waals surface area (Å²) < 4.78 is 4.58. The number of aromatic nitrogens is 2.